The minimum absolute atomic E-state index is 0.239. The van der Waals surface area contributed by atoms with Crippen LogP contribution in [-0.2, 0) is 6.18 Å². The molecule has 9 heteroatoms. The molecule has 0 aliphatic carbocycles. The van der Waals surface area contributed by atoms with Crippen LogP contribution in [0.5, 0.6) is 0 Å². The van der Waals surface area contributed by atoms with Crippen LogP contribution in [0.1, 0.15) is 19.0 Å². The van der Waals surface area contributed by atoms with Crippen LogP contribution in [0.3, 0.4) is 0 Å². The highest BCUT2D eigenvalue weighted by Crippen LogP contribution is 2.28. The number of pyridine rings is 1. The van der Waals surface area contributed by atoms with Crippen molar-refractivity contribution in [2.45, 2.75) is 19.5 Å². The number of anilines is 1. The number of halogens is 5. The van der Waals surface area contributed by atoms with Crippen molar-refractivity contribution in [1.82, 2.24) is 14.8 Å². The number of hydrogen-bond donors (Lipinski definition) is 1. The Hall–Kier alpha value is -2.19. The first-order valence-electron chi connectivity index (χ1n) is 6.06. The number of hydrogen-bond acceptors (Lipinski definition) is 3. The van der Waals surface area contributed by atoms with Gasteiger partial charge in [-0.15, -0.1) is 0 Å². The fourth-order valence-corrected chi connectivity index (χ4v) is 1.58. The summed E-state index contributed by atoms with van der Waals surface area (Å²) in [6.07, 6.45) is -3.06. The zero-order chi connectivity index (χ0) is 15.6. The maximum absolute atomic E-state index is 13.7. The molecule has 0 aromatic carbocycles. The first-order chi connectivity index (χ1) is 9.82. The molecule has 0 amide bonds. The minimum Gasteiger partial charge on any atom is -0.368 e. The van der Waals surface area contributed by atoms with E-state index in [1.54, 1.807) is 0 Å². The standard InChI is InChI=1S/C12H11F5N4/c1-2-4-18-10-7(13)6-8(14)11(19-10)21-5-3-9(20-21)12(15,16)17/h3,5-6H,2,4H2,1H3,(H,18,19). The van der Waals surface area contributed by atoms with Crippen molar-refractivity contribution in [3.05, 3.63) is 35.7 Å². The smallest absolute Gasteiger partial charge is 0.368 e. The first-order valence-corrected chi connectivity index (χ1v) is 6.06. The molecule has 21 heavy (non-hydrogen) atoms. The molecule has 0 saturated carbocycles. The highest BCUT2D eigenvalue weighted by atomic mass is 19.4. The van der Waals surface area contributed by atoms with Gasteiger partial charge in [0, 0.05) is 18.8 Å². The van der Waals surface area contributed by atoms with Gasteiger partial charge < -0.3 is 5.32 Å². The molecule has 0 radical (unpaired) electrons. The Kier molecular flexibility index (Phi) is 4.10. The lowest BCUT2D eigenvalue weighted by molar-refractivity contribution is -0.141. The number of rotatable bonds is 4. The molecule has 1 N–H and O–H groups in total. The zero-order valence-corrected chi connectivity index (χ0v) is 10.9. The molecule has 2 heterocycles. The van der Waals surface area contributed by atoms with Crippen LogP contribution in [0.2, 0.25) is 0 Å². The summed E-state index contributed by atoms with van der Waals surface area (Å²) in [7, 11) is 0. The summed E-state index contributed by atoms with van der Waals surface area (Å²) in [6, 6.07) is 1.24. The summed E-state index contributed by atoms with van der Waals surface area (Å²) in [6.45, 7) is 2.22. The van der Waals surface area contributed by atoms with Gasteiger partial charge in [-0.3, -0.25) is 0 Å². The van der Waals surface area contributed by atoms with E-state index in [2.05, 4.69) is 15.4 Å². The van der Waals surface area contributed by atoms with Crippen LogP contribution in [0.25, 0.3) is 5.82 Å². The van der Waals surface area contributed by atoms with Crippen LogP contribution >= 0.6 is 0 Å². The molecular weight excluding hydrogens is 295 g/mol. The van der Waals surface area contributed by atoms with E-state index in [1.807, 2.05) is 6.92 Å². The average molecular weight is 306 g/mol. The topological polar surface area (TPSA) is 42.7 Å². The van der Waals surface area contributed by atoms with Gasteiger partial charge in [0.05, 0.1) is 0 Å². The Bertz CT molecular complexity index is 635. The first kappa shape index (κ1) is 15.2. The number of nitrogens with one attached hydrogen (secondary N) is 1. The molecule has 4 nitrogen and oxygen atoms in total. The van der Waals surface area contributed by atoms with Gasteiger partial charge in [0.2, 0.25) is 0 Å². The Morgan fingerprint density at radius 2 is 1.95 bits per heavy atom. The lowest BCUT2D eigenvalue weighted by Gasteiger charge is -2.09. The summed E-state index contributed by atoms with van der Waals surface area (Å²) in [4.78, 5) is 3.65. The van der Waals surface area contributed by atoms with Gasteiger partial charge in [-0.2, -0.15) is 18.3 Å². The van der Waals surface area contributed by atoms with Crippen LogP contribution in [-0.4, -0.2) is 21.3 Å². The molecule has 0 fully saturated rings. The van der Waals surface area contributed by atoms with Crippen LogP contribution in [0.4, 0.5) is 27.8 Å². The molecule has 114 valence electrons. The molecule has 2 rings (SSSR count). The van der Waals surface area contributed by atoms with E-state index < -0.39 is 29.3 Å². The largest absolute Gasteiger partial charge is 0.435 e. The fraction of sp³-hybridized carbons (Fsp3) is 0.333. The van der Waals surface area contributed by atoms with Crippen LogP contribution in [0, 0.1) is 11.6 Å². The van der Waals surface area contributed by atoms with E-state index in [1.165, 1.54) is 0 Å². The van der Waals surface area contributed by atoms with Crippen molar-refractivity contribution in [2.75, 3.05) is 11.9 Å². The minimum atomic E-state index is -4.65. The summed E-state index contributed by atoms with van der Waals surface area (Å²) < 4.78 is 65.2. The number of nitrogens with zero attached hydrogens (tertiary/aromatic N) is 3. The summed E-state index contributed by atoms with van der Waals surface area (Å²) >= 11 is 0. The highest BCUT2D eigenvalue weighted by Gasteiger charge is 2.34. The molecule has 2 aromatic heterocycles. The molecule has 0 saturated heterocycles. The molecule has 0 unspecified atom stereocenters. The maximum atomic E-state index is 13.7. The van der Waals surface area contributed by atoms with E-state index >= 15 is 0 Å². The van der Waals surface area contributed by atoms with Gasteiger partial charge in [-0.1, -0.05) is 6.92 Å². The van der Waals surface area contributed by atoms with Gasteiger partial charge in [0.1, 0.15) is 0 Å². The molecular formula is C12H11F5N4. The van der Waals surface area contributed by atoms with E-state index in [0.29, 0.717) is 29.8 Å². The highest BCUT2D eigenvalue weighted by molar-refractivity contribution is 5.42. The second kappa shape index (κ2) is 5.66. The van der Waals surface area contributed by atoms with Gasteiger partial charge in [0.15, 0.2) is 29.0 Å². The lowest BCUT2D eigenvalue weighted by Crippen LogP contribution is -2.11. The molecule has 0 bridgehead atoms. The molecule has 0 aliphatic heterocycles. The fourth-order valence-electron chi connectivity index (χ4n) is 1.58. The predicted octanol–water partition coefficient (Wildman–Crippen LogP) is 3.39. The van der Waals surface area contributed by atoms with E-state index in [9.17, 15) is 22.0 Å². The SMILES string of the molecule is CCCNc1nc(-n2ccc(C(F)(F)F)n2)c(F)cc1F. The zero-order valence-electron chi connectivity index (χ0n) is 10.9. The molecule has 0 aliphatic rings. The quantitative estimate of drug-likeness (QED) is 0.881. The second-order valence-electron chi connectivity index (χ2n) is 4.19. The van der Waals surface area contributed by atoms with E-state index in [0.717, 1.165) is 6.20 Å². The monoisotopic (exact) mass is 306 g/mol. The van der Waals surface area contributed by atoms with Gasteiger partial charge >= 0.3 is 6.18 Å². The third-order valence-electron chi connectivity index (χ3n) is 2.55. The summed E-state index contributed by atoms with van der Waals surface area (Å²) in [5.74, 6) is -2.78. The second-order valence-corrected chi connectivity index (χ2v) is 4.19. The Morgan fingerprint density at radius 1 is 1.24 bits per heavy atom. The Balaban J connectivity index is 2.41. The van der Waals surface area contributed by atoms with Crippen molar-refractivity contribution in [3.8, 4) is 5.82 Å². The predicted molar refractivity (Wildman–Crippen MR) is 65.1 cm³/mol. The van der Waals surface area contributed by atoms with Gasteiger partial charge in [-0.05, 0) is 12.5 Å². The maximum Gasteiger partial charge on any atom is 0.435 e. The lowest BCUT2D eigenvalue weighted by atomic mass is 10.4. The third-order valence-corrected chi connectivity index (χ3v) is 2.55. The van der Waals surface area contributed by atoms with Crippen LogP contribution in [0.15, 0.2) is 18.3 Å². The Labute approximate surface area is 116 Å². The van der Waals surface area contributed by atoms with Gasteiger partial charge in [-0.25, -0.2) is 18.4 Å². The van der Waals surface area contributed by atoms with Crippen molar-refractivity contribution in [1.29, 1.82) is 0 Å². The molecule has 0 spiro atoms. The van der Waals surface area contributed by atoms with E-state index in [-0.39, 0.29) is 5.82 Å². The van der Waals surface area contributed by atoms with Crippen molar-refractivity contribution in [3.63, 3.8) is 0 Å². The van der Waals surface area contributed by atoms with Crippen LogP contribution < -0.4 is 5.32 Å². The normalized spacial score (nSPS) is 11.7. The molecule has 0 atom stereocenters. The average Bonchev–Trinajstić information content (AvgIpc) is 2.87. The Morgan fingerprint density at radius 3 is 2.52 bits per heavy atom. The molecule has 2 aromatic rings. The van der Waals surface area contributed by atoms with Crippen molar-refractivity contribution >= 4 is 5.82 Å². The van der Waals surface area contributed by atoms with Crippen molar-refractivity contribution in [2.24, 2.45) is 0 Å². The summed E-state index contributed by atoms with van der Waals surface area (Å²) in [5.41, 5.74) is -1.18. The summed E-state index contributed by atoms with van der Waals surface area (Å²) in [5, 5.41) is 5.82. The van der Waals surface area contributed by atoms with Crippen molar-refractivity contribution < 1.29 is 22.0 Å². The van der Waals surface area contributed by atoms with Gasteiger partial charge in [0.25, 0.3) is 0 Å². The van der Waals surface area contributed by atoms with E-state index in [4.69, 9.17) is 0 Å². The number of alkyl halides is 3. The third kappa shape index (κ3) is 3.29. The number of aromatic nitrogens is 3.